The van der Waals surface area contributed by atoms with Crippen LogP contribution >= 0.6 is 11.3 Å². The maximum atomic E-state index is 12.7. The molecular weight excluding hydrogens is 324 g/mol. The molecule has 0 saturated carbocycles. The third-order valence-electron chi connectivity index (χ3n) is 4.23. The van der Waals surface area contributed by atoms with Gasteiger partial charge in [-0.1, -0.05) is 0 Å². The van der Waals surface area contributed by atoms with Crippen molar-refractivity contribution in [3.63, 3.8) is 0 Å². The smallest absolute Gasteiger partial charge is 0.273 e. The highest BCUT2D eigenvalue weighted by Gasteiger charge is 2.23. The number of carbonyl (C=O) groups excluding carboxylic acids is 1. The number of hydrogen-bond acceptors (Lipinski definition) is 5. The van der Waals surface area contributed by atoms with Crippen LogP contribution in [0.4, 0.5) is 0 Å². The summed E-state index contributed by atoms with van der Waals surface area (Å²) < 4.78 is 10.6. The summed E-state index contributed by atoms with van der Waals surface area (Å²) in [5, 5.41) is 2.69. The van der Waals surface area contributed by atoms with Gasteiger partial charge in [0.2, 0.25) is 0 Å². The number of carbonyl (C=O) groups is 1. The van der Waals surface area contributed by atoms with Gasteiger partial charge in [-0.15, -0.1) is 11.3 Å². The summed E-state index contributed by atoms with van der Waals surface area (Å²) >= 11 is 1.49. The van der Waals surface area contributed by atoms with Gasteiger partial charge in [-0.05, 0) is 37.6 Å². The zero-order valence-electron chi connectivity index (χ0n) is 14.0. The van der Waals surface area contributed by atoms with Crippen LogP contribution in [-0.2, 0) is 4.74 Å². The Morgan fingerprint density at radius 1 is 1.42 bits per heavy atom. The van der Waals surface area contributed by atoms with Gasteiger partial charge in [0.1, 0.15) is 16.5 Å². The van der Waals surface area contributed by atoms with E-state index in [9.17, 15) is 4.79 Å². The second-order valence-electron chi connectivity index (χ2n) is 5.84. The van der Waals surface area contributed by atoms with Gasteiger partial charge in [0.05, 0.1) is 13.7 Å². The first kappa shape index (κ1) is 16.9. The van der Waals surface area contributed by atoms with E-state index in [1.165, 1.54) is 11.3 Å². The Morgan fingerprint density at radius 2 is 2.21 bits per heavy atom. The number of benzene rings is 1. The molecule has 1 saturated heterocycles. The van der Waals surface area contributed by atoms with Gasteiger partial charge in [0, 0.05) is 36.6 Å². The minimum Gasteiger partial charge on any atom is -0.497 e. The van der Waals surface area contributed by atoms with Crippen molar-refractivity contribution in [1.82, 2.24) is 9.88 Å². The van der Waals surface area contributed by atoms with E-state index in [0.29, 0.717) is 18.2 Å². The highest BCUT2D eigenvalue weighted by atomic mass is 32.1. The molecule has 1 aromatic carbocycles. The van der Waals surface area contributed by atoms with Crippen molar-refractivity contribution in [2.75, 3.05) is 33.4 Å². The molecular formula is C18H22N2O3S. The molecule has 1 aliphatic heterocycles. The van der Waals surface area contributed by atoms with E-state index >= 15 is 0 Å². The topological polar surface area (TPSA) is 51.7 Å². The van der Waals surface area contributed by atoms with Gasteiger partial charge in [-0.2, -0.15) is 0 Å². The van der Waals surface area contributed by atoms with Crippen LogP contribution in [0.15, 0.2) is 29.6 Å². The van der Waals surface area contributed by atoms with Crippen LogP contribution < -0.4 is 4.74 Å². The fourth-order valence-corrected chi connectivity index (χ4v) is 3.59. The van der Waals surface area contributed by atoms with E-state index in [4.69, 9.17) is 9.47 Å². The molecule has 0 unspecified atom stereocenters. The Balaban J connectivity index is 1.71. The lowest BCUT2D eigenvalue weighted by molar-refractivity contribution is 0.0726. The average Bonchev–Trinajstić information content (AvgIpc) is 3.31. The molecule has 1 amide bonds. The second kappa shape index (κ2) is 7.77. The molecule has 24 heavy (non-hydrogen) atoms. The Labute approximate surface area is 146 Å². The first-order valence-corrected chi connectivity index (χ1v) is 9.06. The van der Waals surface area contributed by atoms with Crippen LogP contribution in [0.3, 0.4) is 0 Å². The van der Waals surface area contributed by atoms with Crippen molar-refractivity contribution in [3.8, 4) is 16.3 Å². The molecule has 0 spiro atoms. The van der Waals surface area contributed by atoms with E-state index in [2.05, 4.69) is 4.98 Å². The molecule has 1 fully saturated rings. The monoisotopic (exact) mass is 346 g/mol. The summed E-state index contributed by atoms with van der Waals surface area (Å²) in [6.45, 7) is 4.98. The van der Waals surface area contributed by atoms with Crippen LogP contribution in [-0.4, -0.2) is 49.2 Å². The SMILES string of the molecule is CCN(C[C@H]1CCOC1)C(=O)c1csc(-c2ccc(OC)cc2)n1. The first-order valence-electron chi connectivity index (χ1n) is 8.18. The van der Waals surface area contributed by atoms with E-state index < -0.39 is 0 Å². The van der Waals surface area contributed by atoms with Gasteiger partial charge < -0.3 is 14.4 Å². The quantitative estimate of drug-likeness (QED) is 0.805. The van der Waals surface area contributed by atoms with Gasteiger partial charge in [-0.25, -0.2) is 4.98 Å². The van der Waals surface area contributed by atoms with E-state index in [1.807, 2.05) is 41.5 Å². The zero-order chi connectivity index (χ0) is 16.9. The second-order valence-corrected chi connectivity index (χ2v) is 6.70. The number of aromatic nitrogens is 1. The summed E-state index contributed by atoms with van der Waals surface area (Å²) in [4.78, 5) is 19.1. The van der Waals surface area contributed by atoms with Gasteiger partial charge in [0.25, 0.3) is 5.91 Å². The number of nitrogens with zero attached hydrogens (tertiary/aromatic N) is 2. The Kier molecular flexibility index (Phi) is 5.48. The number of ether oxygens (including phenoxy) is 2. The van der Waals surface area contributed by atoms with Gasteiger partial charge >= 0.3 is 0 Å². The van der Waals surface area contributed by atoms with Crippen molar-refractivity contribution < 1.29 is 14.3 Å². The van der Waals surface area contributed by atoms with Crippen LogP contribution in [0.2, 0.25) is 0 Å². The van der Waals surface area contributed by atoms with Crippen LogP contribution in [0.1, 0.15) is 23.8 Å². The maximum Gasteiger partial charge on any atom is 0.273 e. The Hall–Kier alpha value is -1.92. The molecule has 2 heterocycles. The molecule has 0 N–H and O–H groups in total. The lowest BCUT2D eigenvalue weighted by Gasteiger charge is -2.22. The number of thiazole rings is 1. The molecule has 1 atom stereocenters. The molecule has 1 aliphatic rings. The van der Waals surface area contributed by atoms with Gasteiger partial charge in [-0.3, -0.25) is 4.79 Å². The normalized spacial score (nSPS) is 17.0. The summed E-state index contributed by atoms with van der Waals surface area (Å²) in [5.74, 6) is 1.25. The lowest BCUT2D eigenvalue weighted by atomic mass is 10.1. The van der Waals surface area contributed by atoms with E-state index in [1.54, 1.807) is 7.11 Å². The molecule has 3 rings (SSSR count). The lowest BCUT2D eigenvalue weighted by Crippen LogP contribution is -2.35. The molecule has 5 nitrogen and oxygen atoms in total. The predicted molar refractivity (Wildman–Crippen MR) is 94.6 cm³/mol. The number of rotatable bonds is 6. The molecule has 2 aromatic rings. The van der Waals surface area contributed by atoms with Crippen molar-refractivity contribution in [3.05, 3.63) is 35.3 Å². The first-order chi connectivity index (χ1) is 11.7. The van der Waals surface area contributed by atoms with Gasteiger partial charge in [0.15, 0.2) is 0 Å². The summed E-state index contributed by atoms with van der Waals surface area (Å²) in [7, 11) is 1.64. The van der Waals surface area contributed by atoms with Crippen molar-refractivity contribution in [1.29, 1.82) is 0 Å². The van der Waals surface area contributed by atoms with Crippen LogP contribution in [0.5, 0.6) is 5.75 Å². The molecule has 0 bridgehead atoms. The third kappa shape index (κ3) is 3.76. The largest absolute Gasteiger partial charge is 0.497 e. The van der Waals surface area contributed by atoms with Crippen molar-refractivity contribution in [2.24, 2.45) is 5.92 Å². The third-order valence-corrected chi connectivity index (χ3v) is 5.12. The molecule has 1 aromatic heterocycles. The van der Waals surface area contributed by atoms with E-state index in [-0.39, 0.29) is 5.91 Å². The summed E-state index contributed by atoms with van der Waals surface area (Å²) in [6.07, 6.45) is 1.03. The fraction of sp³-hybridized carbons (Fsp3) is 0.444. The summed E-state index contributed by atoms with van der Waals surface area (Å²) in [6, 6.07) is 7.71. The fourth-order valence-electron chi connectivity index (χ4n) is 2.79. The highest BCUT2D eigenvalue weighted by Crippen LogP contribution is 2.26. The Morgan fingerprint density at radius 3 is 2.83 bits per heavy atom. The Bertz CT molecular complexity index is 678. The molecule has 128 valence electrons. The molecule has 0 radical (unpaired) electrons. The zero-order valence-corrected chi connectivity index (χ0v) is 14.8. The number of methoxy groups -OCH3 is 1. The minimum absolute atomic E-state index is 0.000381. The van der Waals surface area contributed by atoms with Crippen LogP contribution in [0.25, 0.3) is 10.6 Å². The minimum atomic E-state index is 0.000381. The molecule has 0 aliphatic carbocycles. The van der Waals surface area contributed by atoms with E-state index in [0.717, 1.165) is 42.5 Å². The number of amides is 1. The maximum absolute atomic E-state index is 12.7. The predicted octanol–water partition coefficient (Wildman–Crippen LogP) is 3.32. The van der Waals surface area contributed by atoms with Crippen LogP contribution in [0, 0.1) is 5.92 Å². The molecule has 6 heteroatoms. The highest BCUT2D eigenvalue weighted by molar-refractivity contribution is 7.13. The van der Waals surface area contributed by atoms with Crippen molar-refractivity contribution >= 4 is 17.2 Å². The standard InChI is InChI=1S/C18H22N2O3S/c1-3-20(10-13-8-9-23-11-13)18(21)16-12-24-17(19-16)14-4-6-15(22-2)7-5-14/h4-7,12-13H,3,8-11H2,1-2H3/t13-/m1/s1. The van der Waals surface area contributed by atoms with Crippen molar-refractivity contribution in [2.45, 2.75) is 13.3 Å². The summed E-state index contributed by atoms with van der Waals surface area (Å²) in [5.41, 5.74) is 1.51. The average molecular weight is 346 g/mol. The number of hydrogen-bond donors (Lipinski definition) is 0.